The number of rotatable bonds is 4. The SMILES string of the molecule is CCC(=C(F)B1OC(C)(C)C(C)(C)O1)c1ccc2cc(OC)ccc2c1. The number of ether oxygens (including phenoxy) is 1. The molecule has 0 aromatic heterocycles. The predicted octanol–water partition coefficient (Wildman–Crippen LogP) is 5.57. The maximum Gasteiger partial charge on any atom is 0.525 e. The van der Waals surface area contributed by atoms with Gasteiger partial charge >= 0.3 is 7.12 Å². The molecule has 0 bridgehead atoms. The van der Waals surface area contributed by atoms with Crippen LogP contribution in [-0.4, -0.2) is 25.4 Å². The van der Waals surface area contributed by atoms with Crippen molar-refractivity contribution in [3.05, 3.63) is 47.7 Å². The van der Waals surface area contributed by atoms with Gasteiger partial charge in [-0.05, 0) is 74.2 Å². The van der Waals surface area contributed by atoms with Crippen molar-refractivity contribution in [2.24, 2.45) is 0 Å². The quantitative estimate of drug-likeness (QED) is 0.670. The molecule has 1 aliphatic heterocycles. The number of halogens is 1. The molecule has 2 aromatic rings. The van der Waals surface area contributed by atoms with Gasteiger partial charge in [0, 0.05) is 0 Å². The first kappa shape index (κ1) is 18.9. The first-order valence-electron chi connectivity index (χ1n) is 9.01. The van der Waals surface area contributed by atoms with Crippen molar-refractivity contribution in [3.8, 4) is 5.75 Å². The fourth-order valence-electron chi connectivity index (χ4n) is 3.14. The highest BCUT2D eigenvalue weighted by molar-refractivity contribution is 6.55. The molecular formula is C21H26BFO3. The number of allylic oxidation sites excluding steroid dienone is 1. The molecule has 2 aromatic carbocycles. The summed E-state index contributed by atoms with van der Waals surface area (Å²) in [5.74, 6) is 0.805. The normalized spacial score (nSPS) is 19.6. The smallest absolute Gasteiger partial charge is 0.497 e. The molecule has 0 N–H and O–H groups in total. The van der Waals surface area contributed by atoms with Crippen LogP contribution in [0.4, 0.5) is 4.39 Å². The van der Waals surface area contributed by atoms with Gasteiger partial charge in [-0.25, -0.2) is 4.39 Å². The van der Waals surface area contributed by atoms with E-state index in [1.54, 1.807) is 7.11 Å². The summed E-state index contributed by atoms with van der Waals surface area (Å²) in [5.41, 5.74) is -0.0145. The Balaban J connectivity index is 2.00. The Morgan fingerprint density at radius 3 is 2.15 bits per heavy atom. The van der Waals surface area contributed by atoms with E-state index in [2.05, 4.69) is 0 Å². The van der Waals surface area contributed by atoms with Crippen molar-refractivity contribution in [2.75, 3.05) is 7.11 Å². The van der Waals surface area contributed by atoms with Crippen LogP contribution in [0.2, 0.25) is 0 Å². The summed E-state index contributed by atoms with van der Waals surface area (Å²) in [4.78, 5) is 0. The molecule has 0 atom stereocenters. The molecule has 1 aliphatic rings. The van der Waals surface area contributed by atoms with E-state index >= 15 is 4.39 Å². The average molecular weight is 356 g/mol. The second-order valence-corrected chi connectivity index (χ2v) is 7.70. The fraction of sp³-hybridized carbons (Fsp3) is 0.429. The molecule has 0 saturated carbocycles. The molecule has 3 rings (SSSR count). The first-order valence-corrected chi connectivity index (χ1v) is 9.01. The number of fused-ring (bicyclic) bond motifs is 1. The van der Waals surface area contributed by atoms with Gasteiger partial charge in [-0.2, -0.15) is 0 Å². The third-order valence-electron chi connectivity index (χ3n) is 5.50. The lowest BCUT2D eigenvalue weighted by atomic mass is 9.81. The van der Waals surface area contributed by atoms with Crippen molar-refractivity contribution < 1.29 is 18.4 Å². The molecule has 5 heteroatoms. The second kappa shape index (κ2) is 6.71. The van der Waals surface area contributed by atoms with Crippen molar-refractivity contribution in [2.45, 2.75) is 52.2 Å². The van der Waals surface area contributed by atoms with Crippen LogP contribution < -0.4 is 4.74 Å². The minimum absolute atomic E-state index is 0.348. The van der Waals surface area contributed by atoms with Gasteiger partial charge in [-0.3, -0.25) is 0 Å². The third kappa shape index (κ3) is 3.26. The first-order chi connectivity index (χ1) is 12.2. The number of benzene rings is 2. The highest BCUT2D eigenvalue weighted by Crippen LogP contribution is 2.40. The largest absolute Gasteiger partial charge is 0.525 e. The van der Waals surface area contributed by atoms with Gasteiger partial charge in [0.2, 0.25) is 0 Å². The van der Waals surface area contributed by atoms with Crippen LogP contribution >= 0.6 is 0 Å². The summed E-state index contributed by atoms with van der Waals surface area (Å²) in [6, 6.07) is 11.8. The maximum absolute atomic E-state index is 15.3. The van der Waals surface area contributed by atoms with Crippen molar-refractivity contribution >= 4 is 23.5 Å². The van der Waals surface area contributed by atoms with Crippen LogP contribution in [0.1, 0.15) is 46.6 Å². The molecule has 0 aliphatic carbocycles. The Morgan fingerprint density at radius 1 is 1.00 bits per heavy atom. The number of hydrogen-bond acceptors (Lipinski definition) is 3. The summed E-state index contributed by atoms with van der Waals surface area (Å²) >= 11 is 0. The molecular weight excluding hydrogens is 330 g/mol. The fourth-order valence-corrected chi connectivity index (χ4v) is 3.14. The number of hydrogen-bond donors (Lipinski definition) is 0. The summed E-state index contributed by atoms with van der Waals surface area (Å²) in [6.45, 7) is 9.65. The van der Waals surface area contributed by atoms with E-state index in [1.165, 1.54) is 0 Å². The van der Waals surface area contributed by atoms with E-state index in [-0.39, 0.29) is 5.73 Å². The zero-order chi connectivity index (χ0) is 19.1. The van der Waals surface area contributed by atoms with Crippen molar-refractivity contribution in [1.82, 2.24) is 0 Å². The molecule has 1 fully saturated rings. The van der Waals surface area contributed by atoms with Crippen LogP contribution in [0.3, 0.4) is 0 Å². The van der Waals surface area contributed by atoms with E-state index in [4.69, 9.17) is 14.0 Å². The van der Waals surface area contributed by atoms with Crippen LogP contribution in [0.5, 0.6) is 5.75 Å². The lowest BCUT2D eigenvalue weighted by molar-refractivity contribution is 0.00578. The van der Waals surface area contributed by atoms with E-state index < -0.39 is 18.3 Å². The zero-order valence-electron chi connectivity index (χ0n) is 16.4. The van der Waals surface area contributed by atoms with Gasteiger partial charge < -0.3 is 14.0 Å². The predicted molar refractivity (Wildman–Crippen MR) is 105 cm³/mol. The summed E-state index contributed by atoms with van der Waals surface area (Å²) in [7, 11) is 0.675. The lowest BCUT2D eigenvalue weighted by Crippen LogP contribution is -2.41. The summed E-state index contributed by atoms with van der Waals surface area (Å²) < 4.78 is 32.3. The third-order valence-corrected chi connectivity index (χ3v) is 5.50. The molecule has 0 radical (unpaired) electrons. The average Bonchev–Trinajstić information content (AvgIpc) is 2.82. The topological polar surface area (TPSA) is 27.7 Å². The van der Waals surface area contributed by atoms with E-state index in [1.807, 2.05) is 71.0 Å². The highest BCUT2D eigenvalue weighted by Gasteiger charge is 2.53. The van der Waals surface area contributed by atoms with E-state index in [0.717, 1.165) is 22.1 Å². The zero-order valence-corrected chi connectivity index (χ0v) is 16.4. The molecule has 0 unspecified atom stereocenters. The Labute approximate surface area is 155 Å². The molecule has 0 spiro atoms. The van der Waals surface area contributed by atoms with E-state index in [9.17, 15) is 0 Å². The van der Waals surface area contributed by atoms with Gasteiger partial charge in [-0.1, -0.05) is 25.1 Å². The molecule has 1 saturated heterocycles. The van der Waals surface area contributed by atoms with E-state index in [0.29, 0.717) is 12.0 Å². The van der Waals surface area contributed by atoms with Crippen LogP contribution in [0, 0.1) is 0 Å². The maximum atomic E-state index is 15.3. The van der Waals surface area contributed by atoms with Crippen molar-refractivity contribution in [3.63, 3.8) is 0 Å². The van der Waals surface area contributed by atoms with Gasteiger partial charge in [0.25, 0.3) is 0 Å². The molecule has 0 amide bonds. The van der Waals surface area contributed by atoms with Crippen molar-refractivity contribution in [1.29, 1.82) is 0 Å². The van der Waals surface area contributed by atoms with Gasteiger partial charge in [0.15, 0.2) is 0 Å². The Bertz CT molecular complexity index is 841. The minimum atomic E-state index is -0.971. The summed E-state index contributed by atoms with van der Waals surface area (Å²) in [5, 5.41) is 2.09. The molecule has 3 nitrogen and oxygen atoms in total. The molecule has 26 heavy (non-hydrogen) atoms. The Hall–Kier alpha value is -1.85. The Morgan fingerprint density at radius 2 is 1.58 bits per heavy atom. The highest BCUT2D eigenvalue weighted by atomic mass is 19.1. The Kier molecular flexibility index (Phi) is 4.89. The van der Waals surface area contributed by atoms with Crippen LogP contribution in [0.25, 0.3) is 16.3 Å². The molecule has 1 heterocycles. The second-order valence-electron chi connectivity index (χ2n) is 7.70. The summed E-state index contributed by atoms with van der Waals surface area (Å²) in [6.07, 6.45) is 0.553. The minimum Gasteiger partial charge on any atom is -0.497 e. The van der Waals surface area contributed by atoms with Gasteiger partial charge in [-0.15, -0.1) is 0 Å². The number of methoxy groups -OCH3 is 1. The monoisotopic (exact) mass is 356 g/mol. The lowest BCUT2D eigenvalue weighted by Gasteiger charge is -2.32. The standard InChI is InChI=1S/C21H26BFO3/c1-7-18(19(23)22-25-20(2,3)21(4,5)26-22)16-9-8-15-13-17(24-6)11-10-14(15)12-16/h8-13H,7H2,1-6H3. The van der Waals surface area contributed by atoms with Gasteiger partial charge in [0.1, 0.15) is 11.5 Å². The van der Waals surface area contributed by atoms with Crippen LogP contribution in [-0.2, 0) is 9.31 Å². The van der Waals surface area contributed by atoms with Crippen LogP contribution in [0.15, 0.2) is 42.1 Å². The molecule has 138 valence electrons. The van der Waals surface area contributed by atoms with Gasteiger partial charge in [0.05, 0.1) is 18.3 Å².